The lowest BCUT2D eigenvalue weighted by atomic mass is 10.1. The van der Waals surface area contributed by atoms with Gasteiger partial charge < -0.3 is 10.2 Å². The lowest BCUT2D eigenvalue weighted by molar-refractivity contribution is -0.125. The molecule has 184 valence electrons. The van der Waals surface area contributed by atoms with Crippen molar-refractivity contribution in [2.24, 2.45) is 0 Å². The quantitative estimate of drug-likeness (QED) is 0.606. The fraction of sp³-hybridized carbons (Fsp3) is 0.577. The van der Waals surface area contributed by atoms with Gasteiger partial charge in [-0.25, -0.2) is 4.68 Å². The molecule has 0 aliphatic carbocycles. The lowest BCUT2D eigenvalue weighted by Gasteiger charge is -2.37. The topological polar surface area (TPSA) is 73.7 Å². The van der Waals surface area contributed by atoms with E-state index in [0.717, 1.165) is 63.6 Å². The summed E-state index contributed by atoms with van der Waals surface area (Å²) in [5, 5.41) is 7.42. The third kappa shape index (κ3) is 5.97. The van der Waals surface area contributed by atoms with Crippen LogP contribution in [-0.2, 0) is 16.1 Å². The van der Waals surface area contributed by atoms with Crippen LogP contribution in [0.4, 0.5) is 11.5 Å². The average molecular weight is 467 g/mol. The smallest absolute Gasteiger partial charge is 0.228 e. The van der Waals surface area contributed by atoms with Crippen molar-refractivity contribution in [3.8, 4) is 0 Å². The minimum absolute atomic E-state index is 0.00211. The summed E-state index contributed by atoms with van der Waals surface area (Å²) in [7, 11) is 0. The monoisotopic (exact) mass is 466 g/mol. The number of piperazine rings is 1. The molecule has 1 aromatic heterocycles. The van der Waals surface area contributed by atoms with Gasteiger partial charge in [0, 0.05) is 70.4 Å². The number of anilines is 2. The van der Waals surface area contributed by atoms with E-state index in [0.29, 0.717) is 13.1 Å². The van der Waals surface area contributed by atoms with Crippen molar-refractivity contribution in [2.75, 3.05) is 55.6 Å². The van der Waals surface area contributed by atoms with E-state index in [-0.39, 0.29) is 24.7 Å². The molecule has 34 heavy (non-hydrogen) atoms. The summed E-state index contributed by atoms with van der Waals surface area (Å²) in [5.41, 5.74) is 4.91. The molecule has 1 N–H and O–H groups in total. The lowest BCUT2D eigenvalue weighted by Crippen LogP contribution is -2.47. The Morgan fingerprint density at radius 1 is 0.971 bits per heavy atom. The van der Waals surface area contributed by atoms with Gasteiger partial charge in [-0.2, -0.15) is 5.10 Å². The third-order valence-electron chi connectivity index (χ3n) is 6.83. The molecule has 2 aliphatic heterocycles. The molecule has 0 bridgehead atoms. The van der Waals surface area contributed by atoms with Gasteiger partial charge in [0.25, 0.3) is 0 Å². The number of nitrogens with one attached hydrogen (secondary N) is 1. The van der Waals surface area contributed by atoms with Gasteiger partial charge in [-0.15, -0.1) is 0 Å². The maximum Gasteiger partial charge on any atom is 0.228 e. The summed E-state index contributed by atoms with van der Waals surface area (Å²) < 4.78 is 1.89. The summed E-state index contributed by atoms with van der Waals surface area (Å²) in [6.07, 6.45) is 2.28. The van der Waals surface area contributed by atoms with E-state index < -0.39 is 0 Å². The van der Waals surface area contributed by atoms with Crippen LogP contribution < -0.4 is 15.1 Å². The highest BCUT2D eigenvalue weighted by Crippen LogP contribution is 2.23. The molecule has 3 heterocycles. The Kier molecular flexibility index (Phi) is 7.88. The molecule has 1 saturated heterocycles. The van der Waals surface area contributed by atoms with Crippen LogP contribution in [0.15, 0.2) is 24.3 Å². The summed E-state index contributed by atoms with van der Waals surface area (Å²) in [4.78, 5) is 31.7. The third-order valence-corrected chi connectivity index (χ3v) is 6.83. The summed E-state index contributed by atoms with van der Waals surface area (Å²) >= 11 is 0. The van der Waals surface area contributed by atoms with Crippen molar-refractivity contribution < 1.29 is 9.59 Å². The van der Waals surface area contributed by atoms with E-state index in [9.17, 15) is 9.59 Å². The number of aromatic nitrogens is 2. The summed E-state index contributed by atoms with van der Waals surface area (Å²) in [6, 6.07) is 8.60. The van der Waals surface area contributed by atoms with E-state index in [2.05, 4.69) is 52.3 Å². The highest BCUT2D eigenvalue weighted by molar-refractivity contribution is 5.95. The van der Waals surface area contributed by atoms with Crippen LogP contribution in [0.3, 0.4) is 0 Å². The van der Waals surface area contributed by atoms with E-state index >= 15 is 0 Å². The number of rotatable bonds is 8. The second-order valence-corrected chi connectivity index (χ2v) is 9.59. The minimum atomic E-state index is -0.0465. The van der Waals surface area contributed by atoms with Crippen LogP contribution in [0.25, 0.3) is 0 Å². The van der Waals surface area contributed by atoms with Gasteiger partial charge in [0.2, 0.25) is 11.8 Å². The number of carbonyl (C=O) groups is 2. The molecule has 1 aromatic carbocycles. The number of fused-ring (bicyclic) bond motifs is 1. The van der Waals surface area contributed by atoms with Gasteiger partial charge in [-0.05, 0) is 57.4 Å². The van der Waals surface area contributed by atoms with Gasteiger partial charge in [0.1, 0.15) is 5.82 Å². The van der Waals surface area contributed by atoms with Crippen molar-refractivity contribution in [1.82, 2.24) is 20.0 Å². The molecule has 4 rings (SSSR count). The van der Waals surface area contributed by atoms with Crippen LogP contribution in [0.2, 0.25) is 0 Å². The number of aryl methyl sites for hydroxylation is 4. The number of benzene rings is 1. The molecule has 0 saturated carbocycles. The van der Waals surface area contributed by atoms with Gasteiger partial charge in [-0.1, -0.05) is 12.1 Å². The zero-order valence-corrected chi connectivity index (χ0v) is 20.8. The van der Waals surface area contributed by atoms with E-state index in [1.165, 1.54) is 16.8 Å². The molecule has 8 nitrogen and oxygen atoms in total. The van der Waals surface area contributed by atoms with Crippen LogP contribution in [-0.4, -0.2) is 72.3 Å². The second-order valence-electron chi connectivity index (χ2n) is 9.59. The van der Waals surface area contributed by atoms with Crippen LogP contribution in [0.5, 0.6) is 0 Å². The predicted octanol–water partition coefficient (Wildman–Crippen LogP) is 2.65. The highest BCUT2D eigenvalue weighted by Gasteiger charge is 2.24. The number of hydrogen-bond donors (Lipinski definition) is 1. The Bertz CT molecular complexity index is 1010. The number of nitrogens with zero attached hydrogens (tertiary/aromatic N) is 5. The summed E-state index contributed by atoms with van der Waals surface area (Å²) in [5.74, 6) is 0.805. The summed E-state index contributed by atoms with van der Waals surface area (Å²) in [6.45, 7) is 13.6. The number of hydrogen-bond acceptors (Lipinski definition) is 5. The maximum absolute atomic E-state index is 12.7. The van der Waals surface area contributed by atoms with Crippen LogP contribution in [0, 0.1) is 20.8 Å². The molecular weight excluding hydrogens is 428 g/mol. The van der Waals surface area contributed by atoms with Gasteiger partial charge in [0.05, 0.1) is 5.69 Å². The van der Waals surface area contributed by atoms with Gasteiger partial charge >= 0.3 is 0 Å². The number of carbonyl (C=O) groups excluding carboxylic acids is 2. The zero-order chi connectivity index (χ0) is 24.1. The first-order valence-corrected chi connectivity index (χ1v) is 12.6. The molecule has 1 fully saturated rings. The molecule has 2 aromatic rings. The normalized spacial score (nSPS) is 16.4. The van der Waals surface area contributed by atoms with E-state index in [1.807, 2.05) is 17.7 Å². The Morgan fingerprint density at radius 3 is 2.56 bits per heavy atom. The molecule has 2 aliphatic rings. The van der Waals surface area contributed by atoms with E-state index in [1.54, 1.807) is 4.90 Å². The van der Waals surface area contributed by atoms with Gasteiger partial charge in [-0.3, -0.25) is 19.4 Å². The zero-order valence-electron chi connectivity index (χ0n) is 20.8. The first-order chi connectivity index (χ1) is 16.4. The Balaban J connectivity index is 1.11. The first kappa shape index (κ1) is 24.3. The predicted molar refractivity (Wildman–Crippen MR) is 135 cm³/mol. The minimum Gasteiger partial charge on any atom is -0.369 e. The van der Waals surface area contributed by atoms with E-state index in [4.69, 9.17) is 0 Å². The molecule has 8 heteroatoms. The average Bonchev–Trinajstić information content (AvgIpc) is 3.22. The molecule has 0 atom stereocenters. The number of amides is 2. The molecular formula is C26H38N6O2. The van der Waals surface area contributed by atoms with Crippen molar-refractivity contribution in [1.29, 1.82) is 0 Å². The first-order valence-electron chi connectivity index (χ1n) is 12.6. The molecule has 0 unspecified atom stereocenters. The molecule has 2 amide bonds. The molecule has 0 spiro atoms. The molecule has 0 radical (unpaired) electrons. The Morgan fingerprint density at radius 2 is 1.76 bits per heavy atom. The highest BCUT2D eigenvalue weighted by atomic mass is 16.2. The fourth-order valence-corrected chi connectivity index (χ4v) is 4.91. The Hall–Kier alpha value is -2.87. The van der Waals surface area contributed by atoms with Crippen molar-refractivity contribution in [3.05, 3.63) is 41.1 Å². The van der Waals surface area contributed by atoms with Crippen molar-refractivity contribution >= 4 is 23.3 Å². The Labute approximate surface area is 202 Å². The van der Waals surface area contributed by atoms with Crippen LogP contribution in [0.1, 0.15) is 42.5 Å². The van der Waals surface area contributed by atoms with Crippen molar-refractivity contribution in [3.63, 3.8) is 0 Å². The largest absolute Gasteiger partial charge is 0.369 e. The van der Waals surface area contributed by atoms with Crippen LogP contribution >= 0.6 is 0 Å². The fourth-order valence-electron chi connectivity index (χ4n) is 4.91. The standard InChI is InChI=1S/C26H38N6O2/c1-20-6-7-21(2)23(18-20)30-16-14-29(15-17-30)11-4-10-27-24(33)8-9-26(34)31-12-5-13-32-25(31)19-22(3)28-32/h6-7,18-19H,4-5,8-17H2,1-3H3,(H,27,33). The maximum atomic E-state index is 12.7. The van der Waals surface area contributed by atoms with Crippen molar-refractivity contribution in [2.45, 2.75) is 53.0 Å². The second kappa shape index (κ2) is 11.0. The SMILES string of the molecule is Cc1ccc(C)c(N2CCN(CCCNC(=O)CCC(=O)N3CCCn4nc(C)cc43)CC2)c1. The van der Waals surface area contributed by atoms with Gasteiger partial charge in [0.15, 0.2) is 0 Å².